The predicted molar refractivity (Wildman–Crippen MR) is 55.7 cm³/mol. The maximum atomic E-state index is 11.1. The Labute approximate surface area is 85.3 Å². The Hall–Kier alpha value is -0.830. The van der Waals surface area contributed by atoms with Gasteiger partial charge in [0.2, 0.25) is 0 Å². The molecule has 1 atom stereocenters. The first-order valence-electron chi connectivity index (χ1n) is 5.26. The summed E-state index contributed by atoms with van der Waals surface area (Å²) >= 11 is 0. The molecule has 1 aliphatic carbocycles. The van der Waals surface area contributed by atoms with Gasteiger partial charge in [0.15, 0.2) is 0 Å². The molecule has 3 heteroatoms. The van der Waals surface area contributed by atoms with E-state index in [4.69, 9.17) is 10.5 Å². The third-order valence-corrected chi connectivity index (χ3v) is 2.85. The fourth-order valence-electron chi connectivity index (χ4n) is 1.72. The number of nitrogens with two attached hydrogens (primary N) is 1. The standard InChI is InChI=1S/C11H19NO2/c1-2-11(6-3-4-7-11)9-14-10(13)5-8-12/h3,6H,2,4-5,7-9,12H2,1H3. The number of carbonyl (C=O) groups excluding carboxylic acids is 1. The van der Waals surface area contributed by atoms with E-state index in [1.54, 1.807) is 0 Å². The van der Waals surface area contributed by atoms with Gasteiger partial charge in [0.05, 0.1) is 6.42 Å². The molecule has 0 fully saturated rings. The quantitative estimate of drug-likeness (QED) is 0.538. The van der Waals surface area contributed by atoms with E-state index in [9.17, 15) is 4.79 Å². The largest absolute Gasteiger partial charge is 0.465 e. The van der Waals surface area contributed by atoms with Crippen LogP contribution in [0.3, 0.4) is 0 Å². The van der Waals surface area contributed by atoms with Crippen LogP contribution in [-0.4, -0.2) is 19.1 Å². The van der Waals surface area contributed by atoms with Crippen LogP contribution >= 0.6 is 0 Å². The minimum atomic E-state index is -0.180. The molecule has 3 nitrogen and oxygen atoms in total. The summed E-state index contributed by atoms with van der Waals surface area (Å²) in [6, 6.07) is 0. The fraction of sp³-hybridized carbons (Fsp3) is 0.727. The second kappa shape index (κ2) is 5.15. The Kier molecular flexibility index (Phi) is 4.14. The number of carbonyl (C=O) groups is 1. The number of hydrogen-bond acceptors (Lipinski definition) is 3. The number of esters is 1. The zero-order valence-electron chi connectivity index (χ0n) is 8.79. The summed E-state index contributed by atoms with van der Waals surface area (Å²) in [7, 11) is 0. The Bertz CT molecular complexity index is 225. The van der Waals surface area contributed by atoms with Crippen LogP contribution in [0.4, 0.5) is 0 Å². The lowest BCUT2D eigenvalue weighted by Crippen LogP contribution is -2.24. The summed E-state index contributed by atoms with van der Waals surface area (Å²) in [4.78, 5) is 11.1. The van der Waals surface area contributed by atoms with Crippen molar-refractivity contribution in [3.63, 3.8) is 0 Å². The van der Waals surface area contributed by atoms with E-state index in [-0.39, 0.29) is 11.4 Å². The molecule has 0 aromatic carbocycles. The lowest BCUT2D eigenvalue weighted by atomic mass is 9.86. The van der Waals surface area contributed by atoms with Crippen LogP contribution in [0.1, 0.15) is 32.6 Å². The van der Waals surface area contributed by atoms with E-state index in [2.05, 4.69) is 19.1 Å². The molecule has 2 N–H and O–H groups in total. The van der Waals surface area contributed by atoms with Crippen LogP contribution in [0.25, 0.3) is 0 Å². The van der Waals surface area contributed by atoms with Gasteiger partial charge < -0.3 is 10.5 Å². The van der Waals surface area contributed by atoms with Crippen LogP contribution < -0.4 is 5.73 Å². The molecule has 0 heterocycles. The maximum Gasteiger partial charge on any atom is 0.307 e. The summed E-state index contributed by atoms with van der Waals surface area (Å²) in [5, 5.41) is 0. The number of hydrogen-bond donors (Lipinski definition) is 1. The topological polar surface area (TPSA) is 52.3 Å². The molecule has 0 saturated heterocycles. The van der Waals surface area contributed by atoms with Gasteiger partial charge >= 0.3 is 5.97 Å². The van der Waals surface area contributed by atoms with Crippen LogP contribution in [0.2, 0.25) is 0 Å². The van der Waals surface area contributed by atoms with E-state index in [1.807, 2.05) is 0 Å². The zero-order chi connectivity index (χ0) is 10.4. The van der Waals surface area contributed by atoms with Crippen molar-refractivity contribution in [2.45, 2.75) is 32.6 Å². The van der Waals surface area contributed by atoms with Gasteiger partial charge in [-0.05, 0) is 19.3 Å². The Morgan fingerprint density at radius 2 is 2.43 bits per heavy atom. The molecular weight excluding hydrogens is 178 g/mol. The van der Waals surface area contributed by atoms with Gasteiger partial charge in [-0.2, -0.15) is 0 Å². The van der Waals surface area contributed by atoms with Gasteiger partial charge in [0.25, 0.3) is 0 Å². The molecule has 1 unspecified atom stereocenters. The molecule has 0 radical (unpaired) electrons. The van der Waals surface area contributed by atoms with E-state index in [1.165, 1.54) is 0 Å². The van der Waals surface area contributed by atoms with Crippen molar-refractivity contribution in [3.8, 4) is 0 Å². The molecule has 0 spiro atoms. The minimum absolute atomic E-state index is 0.101. The molecule has 0 aliphatic heterocycles. The van der Waals surface area contributed by atoms with Gasteiger partial charge in [-0.25, -0.2) is 0 Å². The third kappa shape index (κ3) is 2.84. The summed E-state index contributed by atoms with van der Waals surface area (Å²) in [5.41, 5.74) is 5.37. The van der Waals surface area contributed by atoms with Gasteiger partial charge in [-0.1, -0.05) is 19.1 Å². The van der Waals surface area contributed by atoms with Crippen LogP contribution in [0.5, 0.6) is 0 Å². The van der Waals surface area contributed by atoms with Crippen LogP contribution in [0.15, 0.2) is 12.2 Å². The van der Waals surface area contributed by atoms with E-state index >= 15 is 0 Å². The Balaban J connectivity index is 2.35. The summed E-state index contributed by atoms with van der Waals surface area (Å²) in [6.45, 7) is 3.01. The first-order valence-corrected chi connectivity index (χ1v) is 5.26. The smallest absolute Gasteiger partial charge is 0.307 e. The highest BCUT2D eigenvalue weighted by molar-refractivity contribution is 5.69. The number of rotatable bonds is 5. The number of ether oxygens (including phenoxy) is 1. The third-order valence-electron chi connectivity index (χ3n) is 2.85. The molecule has 80 valence electrons. The average Bonchev–Trinajstić information content (AvgIpc) is 2.65. The molecule has 14 heavy (non-hydrogen) atoms. The average molecular weight is 197 g/mol. The highest BCUT2D eigenvalue weighted by Gasteiger charge is 2.29. The van der Waals surface area contributed by atoms with Crippen molar-refractivity contribution in [1.29, 1.82) is 0 Å². The molecule has 0 saturated carbocycles. The highest BCUT2D eigenvalue weighted by atomic mass is 16.5. The van der Waals surface area contributed by atoms with Crippen molar-refractivity contribution in [3.05, 3.63) is 12.2 Å². The van der Waals surface area contributed by atoms with Crippen molar-refractivity contribution in [2.24, 2.45) is 11.1 Å². The van der Waals surface area contributed by atoms with Gasteiger partial charge in [-0.15, -0.1) is 0 Å². The fourth-order valence-corrected chi connectivity index (χ4v) is 1.72. The molecule has 0 aromatic heterocycles. The van der Waals surface area contributed by atoms with E-state index in [0.717, 1.165) is 19.3 Å². The summed E-state index contributed by atoms with van der Waals surface area (Å²) in [5.74, 6) is -0.180. The maximum absolute atomic E-state index is 11.1. The second-order valence-corrected chi connectivity index (χ2v) is 3.86. The van der Waals surface area contributed by atoms with Crippen molar-refractivity contribution >= 4 is 5.97 Å². The summed E-state index contributed by atoms with van der Waals surface area (Å²) in [6.07, 6.45) is 7.90. The monoisotopic (exact) mass is 197 g/mol. The van der Waals surface area contributed by atoms with Crippen molar-refractivity contribution in [2.75, 3.05) is 13.2 Å². The Morgan fingerprint density at radius 3 is 2.93 bits per heavy atom. The first-order chi connectivity index (χ1) is 6.72. The summed E-state index contributed by atoms with van der Waals surface area (Å²) < 4.78 is 5.19. The van der Waals surface area contributed by atoms with Crippen LogP contribution in [0, 0.1) is 5.41 Å². The Morgan fingerprint density at radius 1 is 1.64 bits per heavy atom. The second-order valence-electron chi connectivity index (χ2n) is 3.86. The van der Waals surface area contributed by atoms with Crippen molar-refractivity contribution in [1.82, 2.24) is 0 Å². The molecule has 0 bridgehead atoms. The SMILES string of the molecule is CCC1(COC(=O)CCN)C=CCC1. The van der Waals surface area contributed by atoms with E-state index in [0.29, 0.717) is 19.6 Å². The van der Waals surface area contributed by atoms with Gasteiger partial charge in [0, 0.05) is 12.0 Å². The zero-order valence-corrected chi connectivity index (χ0v) is 8.79. The van der Waals surface area contributed by atoms with E-state index < -0.39 is 0 Å². The van der Waals surface area contributed by atoms with Crippen LogP contribution in [-0.2, 0) is 9.53 Å². The molecule has 1 aliphatic rings. The first kappa shape index (κ1) is 11.2. The lowest BCUT2D eigenvalue weighted by Gasteiger charge is -2.24. The molecule has 1 rings (SSSR count). The molecular formula is C11H19NO2. The lowest BCUT2D eigenvalue weighted by molar-refractivity contribution is -0.146. The normalized spacial score (nSPS) is 25.3. The predicted octanol–water partition coefficient (Wildman–Crippen LogP) is 1.62. The number of allylic oxidation sites excluding steroid dienone is 1. The molecule has 0 amide bonds. The minimum Gasteiger partial charge on any atom is -0.465 e. The van der Waals surface area contributed by atoms with Gasteiger partial charge in [-0.3, -0.25) is 4.79 Å². The van der Waals surface area contributed by atoms with Gasteiger partial charge in [0.1, 0.15) is 6.61 Å². The highest BCUT2D eigenvalue weighted by Crippen LogP contribution is 2.35. The molecule has 0 aromatic rings. The van der Waals surface area contributed by atoms with Crippen molar-refractivity contribution < 1.29 is 9.53 Å².